The van der Waals surface area contributed by atoms with Crippen LogP contribution >= 0.6 is 0 Å². The number of phenolic OH excluding ortho intramolecular Hbond substituents is 1. The standard InChI is InChI=1S/C24H32O4/c1-16-5-9-19(25)13-18(16)7-6-17-8-10-21(26)23(4)20(17)11-12-24(23)27-14-22(2,3)15-28-24/h5,8-10,13,17,20,25H,6-7,11-12,14-15H2,1-4H3/t17-,20+,23-/m1/s1. The lowest BCUT2D eigenvalue weighted by molar-refractivity contribution is -0.332. The molecular formula is C24H32O4. The average molecular weight is 385 g/mol. The first-order valence-electron chi connectivity index (χ1n) is 10.5. The van der Waals surface area contributed by atoms with E-state index in [0.29, 0.717) is 24.9 Å². The van der Waals surface area contributed by atoms with Crippen molar-refractivity contribution in [3.05, 3.63) is 41.5 Å². The van der Waals surface area contributed by atoms with Crippen molar-refractivity contribution < 1.29 is 19.4 Å². The molecule has 1 aromatic rings. The molecule has 2 fully saturated rings. The van der Waals surface area contributed by atoms with E-state index in [1.165, 1.54) is 11.1 Å². The molecule has 1 saturated heterocycles. The van der Waals surface area contributed by atoms with Gasteiger partial charge in [-0.25, -0.2) is 0 Å². The summed E-state index contributed by atoms with van der Waals surface area (Å²) in [5, 5.41) is 9.82. The average Bonchev–Trinajstić information content (AvgIpc) is 2.95. The highest BCUT2D eigenvalue weighted by molar-refractivity contribution is 5.97. The highest BCUT2D eigenvalue weighted by Gasteiger charge is 2.66. The zero-order valence-corrected chi connectivity index (χ0v) is 17.5. The molecule has 0 bridgehead atoms. The molecule has 2 aliphatic carbocycles. The number of aromatic hydroxyl groups is 1. The van der Waals surface area contributed by atoms with E-state index in [-0.39, 0.29) is 17.1 Å². The van der Waals surface area contributed by atoms with Crippen LogP contribution in [0.4, 0.5) is 0 Å². The maximum atomic E-state index is 13.1. The second-order valence-corrected chi connectivity index (χ2v) is 9.88. The van der Waals surface area contributed by atoms with Gasteiger partial charge in [0, 0.05) is 11.8 Å². The Morgan fingerprint density at radius 1 is 1.18 bits per heavy atom. The van der Waals surface area contributed by atoms with Crippen LogP contribution in [0.25, 0.3) is 0 Å². The summed E-state index contributed by atoms with van der Waals surface area (Å²) in [6.07, 6.45) is 7.42. The van der Waals surface area contributed by atoms with Crippen LogP contribution in [-0.4, -0.2) is 29.9 Å². The Morgan fingerprint density at radius 2 is 1.89 bits per heavy atom. The minimum absolute atomic E-state index is 0.0144. The van der Waals surface area contributed by atoms with Crippen LogP contribution < -0.4 is 0 Å². The van der Waals surface area contributed by atoms with Gasteiger partial charge in [0.25, 0.3) is 0 Å². The lowest BCUT2D eigenvalue weighted by Crippen LogP contribution is -2.59. The zero-order valence-electron chi connectivity index (χ0n) is 17.5. The number of benzene rings is 1. The Morgan fingerprint density at radius 3 is 2.61 bits per heavy atom. The third kappa shape index (κ3) is 3.02. The topological polar surface area (TPSA) is 55.8 Å². The number of hydrogen-bond donors (Lipinski definition) is 1. The predicted octanol–water partition coefficient (Wildman–Crippen LogP) is 4.57. The van der Waals surface area contributed by atoms with Crippen LogP contribution in [0, 0.1) is 29.6 Å². The monoisotopic (exact) mass is 384 g/mol. The van der Waals surface area contributed by atoms with E-state index in [2.05, 4.69) is 33.8 Å². The van der Waals surface area contributed by atoms with Crippen molar-refractivity contribution in [2.45, 2.75) is 59.2 Å². The molecule has 4 nitrogen and oxygen atoms in total. The van der Waals surface area contributed by atoms with E-state index in [1.54, 1.807) is 12.1 Å². The molecule has 1 N–H and O–H groups in total. The third-order valence-electron chi connectivity index (χ3n) is 7.31. The summed E-state index contributed by atoms with van der Waals surface area (Å²) >= 11 is 0. The molecule has 0 amide bonds. The molecule has 3 atom stereocenters. The van der Waals surface area contributed by atoms with E-state index >= 15 is 0 Å². The summed E-state index contributed by atoms with van der Waals surface area (Å²) in [6.45, 7) is 9.66. The third-order valence-corrected chi connectivity index (χ3v) is 7.31. The van der Waals surface area contributed by atoms with Gasteiger partial charge in [-0.2, -0.15) is 0 Å². The van der Waals surface area contributed by atoms with Gasteiger partial charge in [-0.3, -0.25) is 4.79 Å². The second kappa shape index (κ2) is 6.70. The Labute approximate surface area is 167 Å². The van der Waals surface area contributed by atoms with Gasteiger partial charge < -0.3 is 14.6 Å². The highest BCUT2D eigenvalue weighted by atomic mass is 16.7. The Hall–Kier alpha value is -1.65. The summed E-state index contributed by atoms with van der Waals surface area (Å²) in [6, 6.07) is 5.55. The molecule has 1 aliphatic heterocycles. The van der Waals surface area contributed by atoms with Gasteiger partial charge in [0.05, 0.1) is 18.6 Å². The quantitative estimate of drug-likeness (QED) is 0.829. The maximum absolute atomic E-state index is 13.1. The fourth-order valence-corrected chi connectivity index (χ4v) is 5.41. The van der Waals surface area contributed by atoms with E-state index in [1.807, 2.05) is 12.1 Å². The van der Waals surface area contributed by atoms with Crippen LogP contribution in [0.1, 0.15) is 51.2 Å². The summed E-state index contributed by atoms with van der Waals surface area (Å²) in [5.74, 6) is 0.203. The molecule has 0 aromatic heterocycles. The molecule has 4 rings (SSSR count). The molecule has 4 heteroatoms. The normalized spacial score (nSPS) is 33.2. The molecule has 1 aromatic carbocycles. The van der Waals surface area contributed by atoms with Gasteiger partial charge in [0.1, 0.15) is 5.75 Å². The molecule has 0 radical (unpaired) electrons. The number of carbonyl (C=O) groups excluding carboxylic acids is 1. The van der Waals surface area contributed by atoms with Gasteiger partial charge in [0.15, 0.2) is 11.6 Å². The van der Waals surface area contributed by atoms with Crippen LogP contribution in [0.2, 0.25) is 0 Å². The molecule has 3 aliphatic rings. The van der Waals surface area contributed by atoms with Gasteiger partial charge in [-0.1, -0.05) is 26.0 Å². The van der Waals surface area contributed by atoms with Crippen molar-refractivity contribution in [3.63, 3.8) is 0 Å². The summed E-state index contributed by atoms with van der Waals surface area (Å²) in [5.41, 5.74) is 1.73. The number of allylic oxidation sites excluding steroid dienone is 2. The van der Waals surface area contributed by atoms with Gasteiger partial charge in [-0.15, -0.1) is 0 Å². The number of ether oxygens (including phenoxy) is 2. The minimum Gasteiger partial charge on any atom is -0.508 e. The lowest BCUT2D eigenvalue weighted by atomic mass is 9.63. The molecule has 1 saturated carbocycles. The maximum Gasteiger partial charge on any atom is 0.181 e. The summed E-state index contributed by atoms with van der Waals surface area (Å²) in [7, 11) is 0. The SMILES string of the molecule is Cc1ccc(O)cc1CC[C@@H]1C=CC(=O)[C@@]2(C)[C@H]1CCC21OCC(C)(C)CO1. The largest absolute Gasteiger partial charge is 0.508 e. The Balaban J connectivity index is 1.56. The van der Waals surface area contributed by atoms with E-state index in [9.17, 15) is 9.90 Å². The number of fused-ring (bicyclic) bond motifs is 2. The fourth-order valence-electron chi connectivity index (χ4n) is 5.41. The Bertz CT molecular complexity index is 799. The minimum atomic E-state index is -0.784. The number of carbonyl (C=O) groups is 1. The van der Waals surface area contributed by atoms with Crippen molar-refractivity contribution in [1.82, 2.24) is 0 Å². The molecular weight excluding hydrogens is 352 g/mol. The van der Waals surface area contributed by atoms with Crippen molar-refractivity contribution in [3.8, 4) is 5.75 Å². The molecule has 1 heterocycles. The zero-order chi connectivity index (χ0) is 20.2. The van der Waals surface area contributed by atoms with Crippen LogP contribution in [0.5, 0.6) is 5.75 Å². The number of hydrogen-bond acceptors (Lipinski definition) is 4. The molecule has 152 valence electrons. The number of ketones is 1. The van der Waals surface area contributed by atoms with Gasteiger partial charge >= 0.3 is 0 Å². The molecule has 0 unspecified atom stereocenters. The number of rotatable bonds is 3. The Kier molecular flexibility index (Phi) is 4.71. The predicted molar refractivity (Wildman–Crippen MR) is 108 cm³/mol. The summed E-state index contributed by atoms with van der Waals surface area (Å²) < 4.78 is 12.6. The lowest BCUT2D eigenvalue weighted by Gasteiger charge is -2.51. The van der Waals surface area contributed by atoms with E-state index in [4.69, 9.17) is 9.47 Å². The van der Waals surface area contributed by atoms with Crippen molar-refractivity contribution in [2.24, 2.45) is 22.7 Å². The molecule has 1 spiro atoms. The highest BCUT2D eigenvalue weighted by Crippen LogP contribution is 2.60. The fraction of sp³-hybridized carbons (Fsp3) is 0.625. The first-order valence-corrected chi connectivity index (χ1v) is 10.5. The second-order valence-electron chi connectivity index (χ2n) is 9.88. The van der Waals surface area contributed by atoms with E-state index < -0.39 is 11.2 Å². The first-order chi connectivity index (χ1) is 13.2. The van der Waals surface area contributed by atoms with Crippen LogP contribution in [0.15, 0.2) is 30.4 Å². The van der Waals surface area contributed by atoms with Crippen molar-refractivity contribution in [2.75, 3.05) is 13.2 Å². The number of aryl methyl sites for hydroxylation is 2. The van der Waals surface area contributed by atoms with E-state index in [0.717, 1.165) is 25.7 Å². The smallest absolute Gasteiger partial charge is 0.181 e. The van der Waals surface area contributed by atoms with Gasteiger partial charge in [0.2, 0.25) is 0 Å². The van der Waals surface area contributed by atoms with Crippen molar-refractivity contribution >= 4 is 5.78 Å². The summed E-state index contributed by atoms with van der Waals surface area (Å²) in [4.78, 5) is 13.1. The van der Waals surface area contributed by atoms with Gasteiger partial charge in [-0.05, 0) is 74.3 Å². The van der Waals surface area contributed by atoms with Crippen molar-refractivity contribution in [1.29, 1.82) is 0 Å². The van der Waals surface area contributed by atoms with Crippen LogP contribution in [-0.2, 0) is 20.7 Å². The molecule has 28 heavy (non-hydrogen) atoms. The first kappa shape index (κ1) is 19.7. The van der Waals surface area contributed by atoms with Crippen LogP contribution in [0.3, 0.4) is 0 Å². The number of phenols is 1.